The lowest BCUT2D eigenvalue weighted by Crippen LogP contribution is -2.35. The number of aromatic nitrogens is 2. The van der Waals surface area contributed by atoms with E-state index in [9.17, 15) is 4.79 Å². The standard InChI is InChI=1S/C26H30N4O3/c1-17-9-10-23(24(13-17)32-4)33-16-25(31)30-12-6-8-22(30)21-15-20(14-19(3)28-21)29-26-18(2)7-5-11-27-26/h5,7,9-11,13-15,22H,6,8,12,16H2,1-4H3,(H,27,28,29)/t22-/m0/s1. The third-order valence-electron chi connectivity index (χ3n) is 5.83. The van der Waals surface area contributed by atoms with Crippen LogP contribution in [0.5, 0.6) is 11.5 Å². The highest BCUT2D eigenvalue weighted by Crippen LogP contribution is 2.34. The summed E-state index contributed by atoms with van der Waals surface area (Å²) in [6, 6.07) is 13.5. The van der Waals surface area contributed by atoms with E-state index in [4.69, 9.17) is 14.5 Å². The molecule has 0 aliphatic carbocycles. The molecule has 7 nitrogen and oxygen atoms in total. The molecule has 7 heteroatoms. The molecule has 0 radical (unpaired) electrons. The molecule has 0 saturated carbocycles. The maximum Gasteiger partial charge on any atom is 0.261 e. The second-order valence-electron chi connectivity index (χ2n) is 8.40. The molecular formula is C26H30N4O3. The minimum absolute atomic E-state index is 0.0417. The molecule has 0 spiro atoms. The third kappa shape index (κ3) is 5.25. The van der Waals surface area contributed by atoms with Crippen molar-refractivity contribution in [1.82, 2.24) is 14.9 Å². The number of rotatable bonds is 7. The number of carbonyl (C=O) groups excluding carboxylic acids is 1. The Morgan fingerprint density at radius 3 is 2.79 bits per heavy atom. The molecule has 2 aromatic heterocycles. The summed E-state index contributed by atoms with van der Waals surface area (Å²) in [5.41, 5.74) is 4.82. The normalized spacial score (nSPS) is 15.4. The van der Waals surface area contributed by atoms with Crippen LogP contribution in [0.3, 0.4) is 0 Å². The largest absolute Gasteiger partial charge is 0.493 e. The van der Waals surface area contributed by atoms with Gasteiger partial charge >= 0.3 is 0 Å². The smallest absolute Gasteiger partial charge is 0.261 e. The number of benzene rings is 1. The fraction of sp³-hybridized carbons (Fsp3) is 0.346. The Morgan fingerprint density at radius 1 is 1.15 bits per heavy atom. The number of ether oxygens (including phenoxy) is 2. The maximum absolute atomic E-state index is 13.1. The van der Waals surface area contributed by atoms with Crippen LogP contribution in [0.4, 0.5) is 11.5 Å². The maximum atomic E-state index is 13.1. The summed E-state index contributed by atoms with van der Waals surface area (Å²) in [6.07, 6.45) is 3.57. The summed E-state index contributed by atoms with van der Waals surface area (Å²) in [5.74, 6) is 1.95. The van der Waals surface area contributed by atoms with E-state index in [2.05, 4.69) is 10.3 Å². The van der Waals surface area contributed by atoms with Crippen molar-refractivity contribution in [2.75, 3.05) is 25.6 Å². The van der Waals surface area contributed by atoms with E-state index in [1.54, 1.807) is 13.3 Å². The van der Waals surface area contributed by atoms with Crippen molar-refractivity contribution in [3.05, 3.63) is 71.2 Å². The minimum atomic E-state index is -0.0775. The van der Waals surface area contributed by atoms with Crippen LogP contribution < -0.4 is 14.8 Å². The number of hydrogen-bond donors (Lipinski definition) is 1. The first-order valence-corrected chi connectivity index (χ1v) is 11.2. The van der Waals surface area contributed by atoms with Gasteiger partial charge in [-0.15, -0.1) is 0 Å². The van der Waals surface area contributed by atoms with E-state index in [0.717, 1.165) is 46.9 Å². The molecule has 1 atom stereocenters. The molecule has 1 N–H and O–H groups in total. The van der Waals surface area contributed by atoms with E-state index >= 15 is 0 Å². The lowest BCUT2D eigenvalue weighted by atomic mass is 10.1. The number of nitrogens with one attached hydrogen (secondary N) is 1. The van der Waals surface area contributed by atoms with Gasteiger partial charge in [-0.1, -0.05) is 12.1 Å². The summed E-state index contributed by atoms with van der Waals surface area (Å²) in [4.78, 5) is 24.1. The van der Waals surface area contributed by atoms with Crippen LogP contribution in [0.25, 0.3) is 0 Å². The van der Waals surface area contributed by atoms with E-state index < -0.39 is 0 Å². The highest BCUT2D eigenvalue weighted by molar-refractivity contribution is 5.78. The van der Waals surface area contributed by atoms with Gasteiger partial charge in [0.2, 0.25) is 0 Å². The number of amides is 1. The molecular weight excluding hydrogens is 416 g/mol. The van der Waals surface area contributed by atoms with Crippen LogP contribution in [0, 0.1) is 20.8 Å². The van der Waals surface area contributed by atoms with Crippen LogP contribution in [-0.2, 0) is 4.79 Å². The summed E-state index contributed by atoms with van der Waals surface area (Å²) in [7, 11) is 1.60. The van der Waals surface area contributed by atoms with Crippen LogP contribution in [0.15, 0.2) is 48.7 Å². The summed E-state index contributed by atoms with van der Waals surface area (Å²) in [5, 5.41) is 3.39. The lowest BCUT2D eigenvalue weighted by molar-refractivity contribution is -0.134. The zero-order valence-corrected chi connectivity index (χ0v) is 19.6. The SMILES string of the molecule is COc1cc(C)ccc1OCC(=O)N1CCC[C@H]1c1cc(Nc2ncccc2C)cc(C)n1. The van der Waals surface area contributed by atoms with Crippen molar-refractivity contribution < 1.29 is 14.3 Å². The first kappa shape index (κ1) is 22.6. The molecule has 3 heterocycles. The first-order chi connectivity index (χ1) is 15.9. The fourth-order valence-corrected chi connectivity index (χ4v) is 4.18. The molecule has 3 aromatic rings. The number of hydrogen-bond acceptors (Lipinski definition) is 6. The fourth-order valence-electron chi connectivity index (χ4n) is 4.18. The summed E-state index contributed by atoms with van der Waals surface area (Å²) >= 11 is 0. The number of aryl methyl sites for hydroxylation is 3. The van der Waals surface area contributed by atoms with Gasteiger partial charge in [0.1, 0.15) is 5.82 Å². The Hall–Kier alpha value is -3.61. The molecule has 1 fully saturated rings. The molecule has 0 unspecified atom stereocenters. The van der Waals surface area contributed by atoms with Gasteiger partial charge in [0, 0.05) is 24.1 Å². The topological polar surface area (TPSA) is 76.6 Å². The Balaban J connectivity index is 1.49. The highest BCUT2D eigenvalue weighted by Gasteiger charge is 2.31. The third-order valence-corrected chi connectivity index (χ3v) is 5.83. The van der Waals surface area contributed by atoms with Gasteiger partial charge in [0.15, 0.2) is 18.1 Å². The van der Waals surface area contributed by atoms with Crippen LogP contribution in [0.2, 0.25) is 0 Å². The van der Waals surface area contributed by atoms with Gasteiger partial charge in [0.25, 0.3) is 5.91 Å². The van der Waals surface area contributed by atoms with Crippen molar-refractivity contribution in [3.63, 3.8) is 0 Å². The monoisotopic (exact) mass is 446 g/mol. The summed E-state index contributed by atoms with van der Waals surface area (Å²) in [6.45, 7) is 6.62. The number of methoxy groups -OCH3 is 1. The zero-order chi connectivity index (χ0) is 23.4. The van der Waals surface area contributed by atoms with E-state index in [1.165, 1.54) is 0 Å². The Morgan fingerprint density at radius 2 is 2.00 bits per heavy atom. The van der Waals surface area contributed by atoms with Gasteiger partial charge in [-0.3, -0.25) is 9.78 Å². The molecule has 0 bridgehead atoms. The average molecular weight is 447 g/mol. The van der Waals surface area contributed by atoms with Crippen molar-refractivity contribution in [1.29, 1.82) is 0 Å². The molecule has 4 rings (SSSR count). The van der Waals surface area contributed by atoms with Crippen molar-refractivity contribution in [2.24, 2.45) is 0 Å². The van der Waals surface area contributed by atoms with Crippen molar-refractivity contribution in [2.45, 2.75) is 39.7 Å². The molecule has 172 valence electrons. The van der Waals surface area contributed by atoms with Gasteiger partial charge in [-0.05, 0) is 75.1 Å². The number of anilines is 2. The predicted octanol–water partition coefficient (Wildman–Crippen LogP) is 4.90. The molecule has 1 aliphatic rings. The van der Waals surface area contributed by atoms with Crippen LogP contribution in [-0.4, -0.2) is 41.0 Å². The molecule has 1 amide bonds. The van der Waals surface area contributed by atoms with E-state index in [0.29, 0.717) is 18.0 Å². The predicted molar refractivity (Wildman–Crippen MR) is 128 cm³/mol. The van der Waals surface area contributed by atoms with E-state index in [-0.39, 0.29) is 18.6 Å². The lowest BCUT2D eigenvalue weighted by Gasteiger charge is -2.25. The Kier molecular flexibility index (Phi) is 6.77. The Labute approximate surface area is 194 Å². The minimum Gasteiger partial charge on any atom is -0.493 e. The molecule has 1 aromatic carbocycles. The molecule has 33 heavy (non-hydrogen) atoms. The molecule has 1 aliphatic heterocycles. The van der Waals surface area contributed by atoms with Crippen molar-refractivity contribution in [3.8, 4) is 11.5 Å². The van der Waals surface area contributed by atoms with Crippen LogP contribution in [0.1, 0.15) is 41.4 Å². The summed E-state index contributed by atoms with van der Waals surface area (Å²) < 4.78 is 11.2. The van der Waals surface area contributed by atoms with E-state index in [1.807, 2.05) is 68.1 Å². The Bertz CT molecular complexity index is 1150. The second kappa shape index (κ2) is 9.90. The zero-order valence-electron chi connectivity index (χ0n) is 19.6. The van der Waals surface area contributed by atoms with Crippen LogP contribution >= 0.6 is 0 Å². The van der Waals surface area contributed by atoms with Gasteiger partial charge in [-0.2, -0.15) is 0 Å². The quantitative estimate of drug-likeness (QED) is 0.557. The van der Waals surface area contributed by atoms with Gasteiger partial charge in [-0.25, -0.2) is 4.98 Å². The number of nitrogens with zero attached hydrogens (tertiary/aromatic N) is 3. The average Bonchev–Trinajstić information content (AvgIpc) is 3.29. The number of pyridine rings is 2. The number of carbonyl (C=O) groups is 1. The highest BCUT2D eigenvalue weighted by atomic mass is 16.5. The van der Waals surface area contributed by atoms with Crippen molar-refractivity contribution >= 4 is 17.4 Å². The first-order valence-electron chi connectivity index (χ1n) is 11.2. The van der Waals surface area contributed by atoms with Gasteiger partial charge in [0.05, 0.1) is 18.8 Å². The number of likely N-dealkylation sites (tertiary alicyclic amines) is 1. The second-order valence-corrected chi connectivity index (χ2v) is 8.40. The van der Waals surface area contributed by atoms with Gasteiger partial charge < -0.3 is 19.7 Å². The molecule has 1 saturated heterocycles.